The maximum Gasteiger partial charge on any atom is 0.338 e. The molecule has 1 aliphatic heterocycles. The summed E-state index contributed by atoms with van der Waals surface area (Å²) in [6.07, 6.45) is 1.03. The zero-order valence-corrected chi connectivity index (χ0v) is 26.2. The molecule has 2 N–H and O–H groups in total. The summed E-state index contributed by atoms with van der Waals surface area (Å²) in [5, 5.41) is 25.4. The molecule has 0 amide bonds. The van der Waals surface area contributed by atoms with Gasteiger partial charge in [0.25, 0.3) is 0 Å². The number of aliphatic hydroxyl groups excluding tert-OH is 1. The number of hydrogen-bond donors (Lipinski definition) is 2. The molecule has 7 bridgehead atoms. The number of rotatable bonds is 9. The molecule has 6 fully saturated rings. The minimum Gasteiger partial charge on any atom is -0.493 e. The standard InChI is InChI=1S/C33H47NO9/c1-7-34-15-31(16-38-2)11-10-23(35)33-19-13-18-22(41-5)14-32(37,25(29(33)34)27(42-6)28(31)33)24(19)26(18)43-30(36)17-8-9-20(39-3)21(12-17)40-4/h8-9,12,18-19,22-29,35,37H,7,10-11,13-16H2,1-6H3. The van der Waals surface area contributed by atoms with E-state index in [2.05, 4.69) is 11.8 Å². The summed E-state index contributed by atoms with van der Waals surface area (Å²) in [5.74, 6) is -0.258. The second kappa shape index (κ2) is 10.3. The van der Waals surface area contributed by atoms with Gasteiger partial charge in [-0.05, 0) is 49.9 Å². The van der Waals surface area contributed by atoms with Crippen molar-refractivity contribution in [2.75, 3.05) is 55.2 Å². The van der Waals surface area contributed by atoms with Gasteiger partial charge in [-0.3, -0.25) is 4.90 Å². The lowest BCUT2D eigenvalue weighted by Gasteiger charge is -2.68. The van der Waals surface area contributed by atoms with Crippen molar-refractivity contribution in [1.29, 1.82) is 0 Å². The summed E-state index contributed by atoms with van der Waals surface area (Å²) in [4.78, 5) is 16.3. The minimum absolute atomic E-state index is 0.0214. The Kier molecular flexibility index (Phi) is 7.12. The third-order valence-electron chi connectivity index (χ3n) is 13.0. The number of esters is 1. The second-order valence-corrected chi connectivity index (χ2v) is 14.0. The smallest absolute Gasteiger partial charge is 0.338 e. The van der Waals surface area contributed by atoms with Gasteiger partial charge < -0.3 is 38.6 Å². The lowest BCUT2D eigenvalue weighted by molar-refractivity contribution is -0.272. The molecule has 0 aromatic heterocycles. The molecule has 6 aliphatic rings. The predicted octanol–water partition coefficient (Wildman–Crippen LogP) is 2.38. The van der Waals surface area contributed by atoms with Crippen molar-refractivity contribution in [2.24, 2.45) is 40.4 Å². The Morgan fingerprint density at radius 3 is 2.47 bits per heavy atom. The number of carbonyl (C=O) groups excluding carboxylic acids is 1. The Labute approximate surface area is 253 Å². The van der Waals surface area contributed by atoms with Crippen LogP contribution in [-0.2, 0) is 18.9 Å². The second-order valence-electron chi connectivity index (χ2n) is 14.0. The first-order valence-electron chi connectivity index (χ1n) is 15.8. The summed E-state index contributed by atoms with van der Waals surface area (Å²) >= 11 is 0. The molecule has 7 rings (SSSR count). The third-order valence-corrected chi connectivity index (χ3v) is 13.0. The molecule has 43 heavy (non-hydrogen) atoms. The Balaban J connectivity index is 1.36. The van der Waals surface area contributed by atoms with Crippen LogP contribution in [0.3, 0.4) is 0 Å². The van der Waals surface area contributed by atoms with E-state index in [-0.39, 0.29) is 53.3 Å². The van der Waals surface area contributed by atoms with E-state index >= 15 is 0 Å². The van der Waals surface area contributed by atoms with Gasteiger partial charge in [-0.2, -0.15) is 0 Å². The van der Waals surface area contributed by atoms with Crippen LogP contribution < -0.4 is 9.47 Å². The largest absolute Gasteiger partial charge is 0.493 e. The first-order valence-corrected chi connectivity index (χ1v) is 15.8. The van der Waals surface area contributed by atoms with E-state index in [1.807, 2.05) is 0 Å². The molecular weight excluding hydrogens is 554 g/mol. The van der Waals surface area contributed by atoms with E-state index in [0.29, 0.717) is 42.9 Å². The van der Waals surface area contributed by atoms with Gasteiger partial charge in [-0.1, -0.05) is 6.92 Å². The summed E-state index contributed by atoms with van der Waals surface area (Å²) < 4.78 is 35.7. The molecule has 5 aliphatic carbocycles. The van der Waals surface area contributed by atoms with Crippen LogP contribution in [0.2, 0.25) is 0 Å². The maximum atomic E-state index is 13.8. The molecule has 13 atom stereocenters. The molecule has 0 radical (unpaired) electrons. The maximum absolute atomic E-state index is 13.8. The summed E-state index contributed by atoms with van der Waals surface area (Å²) in [6, 6.07) is 4.96. The fourth-order valence-corrected chi connectivity index (χ4v) is 12.0. The SMILES string of the molecule is CCN1CC2(COC)CCC(O)C34C5CC6C(OC)CC(O)(C5C6OC(=O)c5ccc(OC)c(OC)c5)C(C(OC)C23)C14. The highest BCUT2D eigenvalue weighted by molar-refractivity contribution is 5.90. The number of fused-ring (bicyclic) bond motifs is 2. The quantitative estimate of drug-likeness (QED) is 0.409. The Bertz CT molecular complexity index is 1260. The number of methoxy groups -OCH3 is 5. The van der Waals surface area contributed by atoms with Crippen molar-refractivity contribution in [1.82, 2.24) is 4.90 Å². The number of carbonyl (C=O) groups is 1. The van der Waals surface area contributed by atoms with E-state index in [1.165, 1.54) is 7.11 Å². The fourth-order valence-electron chi connectivity index (χ4n) is 12.0. The van der Waals surface area contributed by atoms with E-state index in [0.717, 1.165) is 19.5 Å². The number of likely N-dealkylation sites (tertiary alicyclic amines) is 1. The molecule has 1 aromatic rings. The molecule has 1 saturated heterocycles. The Morgan fingerprint density at radius 2 is 1.81 bits per heavy atom. The van der Waals surface area contributed by atoms with Crippen LogP contribution in [0.4, 0.5) is 0 Å². The minimum atomic E-state index is -1.20. The van der Waals surface area contributed by atoms with Crippen molar-refractivity contribution < 1.29 is 43.4 Å². The van der Waals surface area contributed by atoms with Gasteiger partial charge in [0.2, 0.25) is 0 Å². The molecule has 238 valence electrons. The van der Waals surface area contributed by atoms with Gasteiger partial charge in [0.1, 0.15) is 6.10 Å². The lowest BCUT2D eigenvalue weighted by atomic mass is 9.43. The lowest BCUT2D eigenvalue weighted by Crippen LogP contribution is -2.76. The molecule has 13 unspecified atom stereocenters. The van der Waals surface area contributed by atoms with Crippen molar-refractivity contribution >= 4 is 5.97 Å². The number of hydrogen-bond acceptors (Lipinski definition) is 10. The zero-order valence-electron chi connectivity index (χ0n) is 26.2. The summed E-state index contributed by atoms with van der Waals surface area (Å²) in [7, 11) is 8.29. The first-order chi connectivity index (χ1) is 20.7. The number of ether oxygens (including phenoxy) is 6. The summed E-state index contributed by atoms with van der Waals surface area (Å²) in [5.41, 5.74) is -1.56. The molecule has 1 spiro atoms. The monoisotopic (exact) mass is 601 g/mol. The van der Waals surface area contributed by atoms with Crippen LogP contribution >= 0.6 is 0 Å². The Morgan fingerprint density at radius 1 is 1.05 bits per heavy atom. The number of piperidine rings is 1. The molecule has 5 saturated carbocycles. The zero-order chi connectivity index (χ0) is 30.5. The van der Waals surface area contributed by atoms with Crippen LogP contribution in [0.15, 0.2) is 18.2 Å². The topological polar surface area (TPSA) is 116 Å². The molecule has 1 aromatic carbocycles. The van der Waals surface area contributed by atoms with Crippen molar-refractivity contribution in [2.45, 2.75) is 68.7 Å². The molecule has 1 heterocycles. The molecule has 10 nitrogen and oxygen atoms in total. The van der Waals surface area contributed by atoms with Crippen LogP contribution in [0, 0.1) is 40.4 Å². The number of benzene rings is 1. The average molecular weight is 602 g/mol. The highest BCUT2D eigenvalue weighted by atomic mass is 16.6. The van der Waals surface area contributed by atoms with Crippen molar-refractivity contribution in [3.63, 3.8) is 0 Å². The molecular formula is C33H47NO9. The van der Waals surface area contributed by atoms with Gasteiger partial charge in [0, 0.05) is 74.8 Å². The van der Waals surface area contributed by atoms with E-state index < -0.39 is 29.2 Å². The van der Waals surface area contributed by atoms with Gasteiger partial charge >= 0.3 is 5.97 Å². The fraction of sp³-hybridized carbons (Fsp3) is 0.788. The van der Waals surface area contributed by atoms with E-state index in [4.69, 9.17) is 28.4 Å². The third kappa shape index (κ3) is 3.59. The van der Waals surface area contributed by atoms with Gasteiger partial charge in [0.05, 0.1) is 50.3 Å². The van der Waals surface area contributed by atoms with Crippen LogP contribution in [0.5, 0.6) is 11.5 Å². The predicted molar refractivity (Wildman–Crippen MR) is 155 cm³/mol. The van der Waals surface area contributed by atoms with Crippen LogP contribution in [-0.4, -0.2) is 112 Å². The first kappa shape index (κ1) is 29.7. The average Bonchev–Trinajstić information content (AvgIpc) is 3.45. The van der Waals surface area contributed by atoms with E-state index in [1.54, 1.807) is 46.6 Å². The van der Waals surface area contributed by atoms with Gasteiger partial charge in [0.15, 0.2) is 11.5 Å². The van der Waals surface area contributed by atoms with E-state index in [9.17, 15) is 15.0 Å². The van der Waals surface area contributed by atoms with Crippen LogP contribution in [0.25, 0.3) is 0 Å². The number of aliphatic hydroxyl groups is 2. The molecule has 10 heteroatoms. The van der Waals surface area contributed by atoms with Crippen molar-refractivity contribution in [3.05, 3.63) is 23.8 Å². The van der Waals surface area contributed by atoms with Crippen LogP contribution in [0.1, 0.15) is 43.0 Å². The highest BCUT2D eigenvalue weighted by Crippen LogP contribution is 2.79. The normalized spacial score (nSPS) is 47.3. The van der Waals surface area contributed by atoms with Gasteiger partial charge in [-0.15, -0.1) is 0 Å². The number of nitrogens with zero attached hydrogens (tertiary/aromatic N) is 1. The van der Waals surface area contributed by atoms with Crippen molar-refractivity contribution in [3.8, 4) is 11.5 Å². The summed E-state index contributed by atoms with van der Waals surface area (Å²) in [6.45, 7) is 4.43. The van der Waals surface area contributed by atoms with Gasteiger partial charge in [-0.25, -0.2) is 4.79 Å². The highest BCUT2D eigenvalue weighted by Gasteiger charge is 2.86. The Hall–Kier alpha value is -1.95.